The molecule has 0 spiro atoms. The molecule has 2 rings (SSSR count). The molecule has 0 saturated heterocycles. The fourth-order valence-corrected chi connectivity index (χ4v) is 2.81. The van der Waals surface area contributed by atoms with Crippen molar-refractivity contribution < 1.29 is 9.53 Å². The number of hydrogen-bond donors (Lipinski definition) is 1. The number of nitrogens with zero attached hydrogens (tertiary/aromatic N) is 1. The summed E-state index contributed by atoms with van der Waals surface area (Å²) in [5.41, 5.74) is 1.01. The molecule has 4 heteroatoms. The maximum Gasteiger partial charge on any atom is 0.407 e. The Bertz CT molecular complexity index is 420. The third-order valence-electron chi connectivity index (χ3n) is 3.91. The van der Waals surface area contributed by atoms with E-state index in [2.05, 4.69) is 24.3 Å². The molecule has 1 amide bonds. The van der Waals surface area contributed by atoms with E-state index in [1.807, 2.05) is 30.3 Å². The van der Waals surface area contributed by atoms with E-state index in [1.54, 1.807) is 0 Å². The average molecular weight is 276 g/mol. The minimum Gasteiger partial charge on any atom is -0.445 e. The van der Waals surface area contributed by atoms with Crippen molar-refractivity contribution >= 4 is 6.09 Å². The van der Waals surface area contributed by atoms with E-state index in [0.29, 0.717) is 12.6 Å². The number of amides is 1. The second-order valence-corrected chi connectivity index (χ2v) is 5.63. The summed E-state index contributed by atoms with van der Waals surface area (Å²) < 4.78 is 5.29. The molecular formula is C16H24N2O2. The van der Waals surface area contributed by atoms with Crippen LogP contribution in [0.5, 0.6) is 0 Å². The van der Waals surface area contributed by atoms with Crippen molar-refractivity contribution in [3.63, 3.8) is 0 Å². The van der Waals surface area contributed by atoms with Crippen LogP contribution in [0.25, 0.3) is 0 Å². The first-order valence-corrected chi connectivity index (χ1v) is 7.30. The van der Waals surface area contributed by atoms with Gasteiger partial charge < -0.3 is 15.0 Å². The van der Waals surface area contributed by atoms with Crippen molar-refractivity contribution in [2.24, 2.45) is 0 Å². The maximum atomic E-state index is 11.9. The van der Waals surface area contributed by atoms with Gasteiger partial charge in [0.2, 0.25) is 0 Å². The van der Waals surface area contributed by atoms with Gasteiger partial charge in [-0.2, -0.15) is 0 Å². The predicted molar refractivity (Wildman–Crippen MR) is 79.5 cm³/mol. The van der Waals surface area contributed by atoms with Gasteiger partial charge >= 0.3 is 6.09 Å². The summed E-state index contributed by atoms with van der Waals surface area (Å²) in [6, 6.07) is 10.4. The van der Waals surface area contributed by atoms with Gasteiger partial charge in [0, 0.05) is 12.1 Å². The second-order valence-electron chi connectivity index (χ2n) is 5.63. The maximum absolute atomic E-state index is 11.9. The number of ether oxygens (including phenoxy) is 1. The van der Waals surface area contributed by atoms with E-state index in [0.717, 1.165) is 18.4 Å². The van der Waals surface area contributed by atoms with Gasteiger partial charge in [-0.1, -0.05) is 43.2 Å². The SMILES string of the molecule is CN(C)C1CCCCC1NC(=O)OCc1ccccc1. The molecule has 1 aliphatic carbocycles. The van der Waals surface area contributed by atoms with E-state index >= 15 is 0 Å². The number of rotatable bonds is 4. The van der Waals surface area contributed by atoms with Crippen LogP contribution in [0.3, 0.4) is 0 Å². The minimum absolute atomic E-state index is 0.196. The molecule has 1 fully saturated rings. The van der Waals surface area contributed by atoms with Crippen molar-refractivity contribution in [2.45, 2.75) is 44.4 Å². The fourth-order valence-electron chi connectivity index (χ4n) is 2.81. The van der Waals surface area contributed by atoms with Gasteiger partial charge in [-0.05, 0) is 32.5 Å². The van der Waals surface area contributed by atoms with Crippen LogP contribution in [-0.2, 0) is 11.3 Å². The Hall–Kier alpha value is -1.55. The number of hydrogen-bond acceptors (Lipinski definition) is 3. The lowest BCUT2D eigenvalue weighted by Crippen LogP contribution is -2.51. The molecule has 1 aliphatic rings. The highest BCUT2D eigenvalue weighted by Gasteiger charge is 2.28. The number of benzene rings is 1. The normalized spacial score (nSPS) is 22.6. The number of alkyl carbamates (subject to hydrolysis) is 1. The van der Waals surface area contributed by atoms with Crippen LogP contribution < -0.4 is 5.32 Å². The lowest BCUT2D eigenvalue weighted by atomic mass is 9.90. The van der Waals surface area contributed by atoms with E-state index in [1.165, 1.54) is 12.8 Å². The summed E-state index contributed by atoms with van der Waals surface area (Å²) in [7, 11) is 4.14. The third-order valence-corrected chi connectivity index (χ3v) is 3.91. The molecule has 0 radical (unpaired) electrons. The second kappa shape index (κ2) is 7.29. The standard InChI is InChI=1S/C16H24N2O2/c1-18(2)15-11-7-6-10-14(15)17-16(19)20-12-13-8-4-3-5-9-13/h3-5,8-9,14-15H,6-7,10-12H2,1-2H3,(H,17,19). The molecular weight excluding hydrogens is 252 g/mol. The molecule has 110 valence electrons. The summed E-state index contributed by atoms with van der Waals surface area (Å²) in [6.45, 7) is 0.325. The highest BCUT2D eigenvalue weighted by atomic mass is 16.5. The Morgan fingerprint density at radius 2 is 1.95 bits per heavy atom. The molecule has 1 N–H and O–H groups in total. The van der Waals surface area contributed by atoms with Crippen LogP contribution in [0.15, 0.2) is 30.3 Å². The van der Waals surface area contributed by atoms with Crippen LogP contribution in [-0.4, -0.2) is 37.2 Å². The number of carbonyl (C=O) groups excluding carboxylic acids is 1. The van der Waals surface area contributed by atoms with Gasteiger partial charge in [-0.25, -0.2) is 4.79 Å². The molecule has 1 aromatic carbocycles. The lowest BCUT2D eigenvalue weighted by Gasteiger charge is -2.36. The minimum atomic E-state index is -0.312. The van der Waals surface area contributed by atoms with E-state index in [-0.39, 0.29) is 12.1 Å². The van der Waals surface area contributed by atoms with Crippen LogP contribution in [0.4, 0.5) is 4.79 Å². The van der Waals surface area contributed by atoms with Crippen molar-refractivity contribution in [3.05, 3.63) is 35.9 Å². The summed E-state index contributed by atoms with van der Waals surface area (Å²) >= 11 is 0. The van der Waals surface area contributed by atoms with Gasteiger partial charge in [0.05, 0.1) is 0 Å². The van der Waals surface area contributed by atoms with Crippen LogP contribution in [0, 0.1) is 0 Å². The molecule has 1 saturated carbocycles. The first-order chi connectivity index (χ1) is 9.66. The van der Waals surface area contributed by atoms with Crippen molar-refractivity contribution in [1.82, 2.24) is 10.2 Å². The summed E-state index contributed by atoms with van der Waals surface area (Å²) in [5, 5.41) is 3.02. The van der Waals surface area contributed by atoms with Crippen molar-refractivity contribution in [3.8, 4) is 0 Å². The highest BCUT2D eigenvalue weighted by molar-refractivity contribution is 5.67. The molecule has 2 unspecified atom stereocenters. The molecule has 4 nitrogen and oxygen atoms in total. The number of nitrogens with one attached hydrogen (secondary N) is 1. The number of carbonyl (C=O) groups is 1. The Morgan fingerprint density at radius 1 is 1.25 bits per heavy atom. The zero-order chi connectivity index (χ0) is 14.4. The van der Waals surface area contributed by atoms with Gasteiger partial charge in [-0.15, -0.1) is 0 Å². The highest BCUT2D eigenvalue weighted by Crippen LogP contribution is 2.21. The molecule has 20 heavy (non-hydrogen) atoms. The predicted octanol–water partition coefficient (Wildman–Crippen LogP) is 2.79. The lowest BCUT2D eigenvalue weighted by molar-refractivity contribution is 0.118. The van der Waals surface area contributed by atoms with Crippen LogP contribution in [0.2, 0.25) is 0 Å². The van der Waals surface area contributed by atoms with Crippen molar-refractivity contribution in [2.75, 3.05) is 14.1 Å². The molecule has 0 heterocycles. The Morgan fingerprint density at radius 3 is 2.65 bits per heavy atom. The molecule has 0 bridgehead atoms. The largest absolute Gasteiger partial charge is 0.445 e. The zero-order valence-electron chi connectivity index (χ0n) is 12.3. The molecule has 0 aromatic heterocycles. The van der Waals surface area contributed by atoms with Gasteiger partial charge in [0.1, 0.15) is 6.61 Å². The van der Waals surface area contributed by atoms with E-state index in [9.17, 15) is 4.79 Å². The topological polar surface area (TPSA) is 41.6 Å². The van der Waals surface area contributed by atoms with Crippen LogP contribution >= 0.6 is 0 Å². The first kappa shape index (κ1) is 14.9. The summed E-state index contributed by atoms with van der Waals surface area (Å²) in [6.07, 6.45) is 4.26. The Kier molecular flexibility index (Phi) is 5.41. The van der Waals surface area contributed by atoms with Crippen molar-refractivity contribution in [1.29, 1.82) is 0 Å². The molecule has 2 atom stereocenters. The summed E-state index contributed by atoms with van der Waals surface area (Å²) in [4.78, 5) is 14.1. The molecule has 0 aliphatic heterocycles. The van der Waals surface area contributed by atoms with Gasteiger partial charge in [0.15, 0.2) is 0 Å². The Balaban J connectivity index is 1.81. The average Bonchev–Trinajstić information content (AvgIpc) is 2.46. The smallest absolute Gasteiger partial charge is 0.407 e. The first-order valence-electron chi connectivity index (χ1n) is 7.30. The van der Waals surface area contributed by atoms with Gasteiger partial charge in [0.25, 0.3) is 0 Å². The zero-order valence-corrected chi connectivity index (χ0v) is 12.3. The van der Waals surface area contributed by atoms with E-state index < -0.39 is 0 Å². The van der Waals surface area contributed by atoms with Gasteiger partial charge in [-0.3, -0.25) is 0 Å². The fraction of sp³-hybridized carbons (Fsp3) is 0.562. The van der Waals surface area contributed by atoms with Crippen LogP contribution in [0.1, 0.15) is 31.2 Å². The Labute approximate surface area is 121 Å². The quantitative estimate of drug-likeness (QED) is 0.919. The van der Waals surface area contributed by atoms with E-state index in [4.69, 9.17) is 4.74 Å². The number of likely N-dealkylation sites (N-methyl/N-ethyl adjacent to an activating group) is 1. The monoisotopic (exact) mass is 276 g/mol. The molecule has 1 aromatic rings. The third kappa shape index (κ3) is 4.23. The summed E-state index contributed by atoms with van der Waals surface area (Å²) in [5.74, 6) is 0.